The Kier molecular flexibility index (Phi) is 24.8. The van der Waals surface area contributed by atoms with Crippen LogP contribution in [0.15, 0.2) is 0 Å². The van der Waals surface area contributed by atoms with E-state index in [1.807, 2.05) is 20.8 Å². The van der Waals surface area contributed by atoms with Gasteiger partial charge in [0, 0.05) is 17.9 Å². The molecule has 0 saturated carbocycles. The topological polar surface area (TPSA) is 110 Å². The van der Waals surface area contributed by atoms with Crippen LogP contribution in [0.5, 0.6) is 0 Å². The van der Waals surface area contributed by atoms with E-state index in [4.69, 9.17) is 16.6 Å². The van der Waals surface area contributed by atoms with Crippen LogP contribution in [0.1, 0.15) is 169 Å². The monoisotopic (exact) mass is 500 g/mol. The van der Waals surface area contributed by atoms with Crippen molar-refractivity contribution in [1.82, 2.24) is 0 Å². The summed E-state index contributed by atoms with van der Waals surface area (Å²) in [5, 5.41) is 18.1. The molecule has 5 heteroatoms. The number of carboxylic acid groups (broad SMARTS) is 1. The Hall–Kier alpha value is -0.650. The highest BCUT2D eigenvalue weighted by Gasteiger charge is 2.39. The van der Waals surface area contributed by atoms with Crippen molar-refractivity contribution in [3.63, 3.8) is 0 Å². The summed E-state index contributed by atoms with van der Waals surface area (Å²) in [6, 6.07) is -0.0671. The van der Waals surface area contributed by atoms with E-state index in [0.717, 1.165) is 19.3 Å². The molecule has 2 unspecified atom stereocenters. The maximum atomic E-state index is 10.4. The molecule has 0 fully saturated rings. The second-order valence-electron chi connectivity index (χ2n) is 11.4. The quantitative estimate of drug-likeness (QED) is 0.0832. The fraction of sp³-hybridized carbons (Fsp3) is 0.967. The first-order chi connectivity index (χ1) is 16.5. The predicted octanol–water partition coefficient (Wildman–Crippen LogP) is 8.31. The van der Waals surface area contributed by atoms with Crippen LogP contribution in [-0.4, -0.2) is 27.9 Å². The normalized spacial score (nSPS) is 14.2. The molecule has 0 spiro atoms. The summed E-state index contributed by atoms with van der Waals surface area (Å²) in [7, 11) is 0. The lowest BCUT2D eigenvalue weighted by Crippen LogP contribution is -2.58. The summed E-state index contributed by atoms with van der Waals surface area (Å²) in [6.45, 7) is 9.61. The lowest BCUT2D eigenvalue weighted by atomic mass is 9.75. The lowest BCUT2D eigenvalue weighted by molar-refractivity contribution is -0.137. The Morgan fingerprint density at radius 1 is 0.657 bits per heavy atom. The van der Waals surface area contributed by atoms with Crippen LogP contribution in [-0.2, 0) is 4.79 Å². The van der Waals surface area contributed by atoms with Gasteiger partial charge in [-0.1, -0.05) is 143 Å². The van der Waals surface area contributed by atoms with Crippen molar-refractivity contribution in [2.75, 3.05) is 0 Å². The zero-order valence-corrected chi connectivity index (χ0v) is 24.4. The summed E-state index contributed by atoms with van der Waals surface area (Å²) >= 11 is 0. The van der Waals surface area contributed by atoms with Crippen LogP contribution in [0.2, 0.25) is 0 Å². The SMILES string of the molecule is CCC(N)C(C)(C)C(C)(N)O.CCCCCCCCCCCCCCCCCCCCCC(=O)O. The molecule has 0 aromatic rings. The van der Waals surface area contributed by atoms with Gasteiger partial charge in [0.25, 0.3) is 0 Å². The van der Waals surface area contributed by atoms with Gasteiger partial charge in [-0.2, -0.15) is 0 Å². The van der Waals surface area contributed by atoms with Gasteiger partial charge in [-0.3, -0.25) is 4.79 Å². The Bertz CT molecular complexity index is 461. The molecule has 2 atom stereocenters. The van der Waals surface area contributed by atoms with Gasteiger partial charge in [0.2, 0.25) is 0 Å². The maximum Gasteiger partial charge on any atom is 0.303 e. The van der Waals surface area contributed by atoms with E-state index < -0.39 is 17.1 Å². The number of unbranched alkanes of at least 4 members (excludes halogenated alkanes) is 18. The molecule has 0 amide bonds. The van der Waals surface area contributed by atoms with Crippen molar-refractivity contribution in [1.29, 1.82) is 0 Å². The molecule has 0 saturated heterocycles. The van der Waals surface area contributed by atoms with Crippen LogP contribution >= 0.6 is 0 Å². The van der Waals surface area contributed by atoms with Gasteiger partial charge in [0.15, 0.2) is 0 Å². The first kappa shape index (κ1) is 36.5. The molecule has 0 rings (SSSR count). The van der Waals surface area contributed by atoms with Crippen molar-refractivity contribution in [3.8, 4) is 0 Å². The van der Waals surface area contributed by atoms with Crippen molar-refractivity contribution >= 4 is 5.97 Å². The number of aliphatic carboxylic acids is 1. The summed E-state index contributed by atoms with van der Waals surface area (Å²) in [5.74, 6) is -0.651. The Morgan fingerprint density at radius 3 is 1.14 bits per heavy atom. The summed E-state index contributed by atoms with van der Waals surface area (Å²) in [6.07, 6.45) is 26.9. The average Bonchev–Trinajstić information content (AvgIpc) is 2.79. The first-order valence-corrected chi connectivity index (χ1v) is 15.0. The minimum absolute atomic E-state index is 0.0671. The van der Waals surface area contributed by atoms with Crippen molar-refractivity contribution in [2.45, 2.75) is 181 Å². The van der Waals surface area contributed by atoms with E-state index in [1.54, 1.807) is 6.92 Å². The van der Waals surface area contributed by atoms with E-state index in [0.29, 0.717) is 6.42 Å². The van der Waals surface area contributed by atoms with Crippen molar-refractivity contribution in [3.05, 3.63) is 0 Å². The molecule has 35 heavy (non-hydrogen) atoms. The largest absolute Gasteiger partial charge is 0.481 e. The number of aliphatic hydroxyl groups is 1. The highest BCUT2D eigenvalue weighted by molar-refractivity contribution is 5.66. The summed E-state index contributed by atoms with van der Waals surface area (Å²) < 4.78 is 0. The number of rotatable bonds is 23. The third-order valence-corrected chi connectivity index (χ3v) is 7.67. The van der Waals surface area contributed by atoms with Gasteiger partial charge in [0.05, 0.1) is 0 Å². The number of nitrogens with two attached hydrogens (primary N) is 2. The van der Waals surface area contributed by atoms with Gasteiger partial charge in [-0.25, -0.2) is 0 Å². The highest BCUT2D eigenvalue weighted by Crippen LogP contribution is 2.30. The van der Waals surface area contributed by atoms with Gasteiger partial charge in [0.1, 0.15) is 5.72 Å². The third kappa shape index (κ3) is 23.5. The van der Waals surface area contributed by atoms with Crippen LogP contribution < -0.4 is 11.5 Å². The smallest absolute Gasteiger partial charge is 0.303 e. The number of hydrogen-bond acceptors (Lipinski definition) is 4. The fourth-order valence-corrected chi connectivity index (χ4v) is 4.24. The zero-order valence-electron chi connectivity index (χ0n) is 24.4. The predicted molar refractivity (Wildman–Crippen MR) is 153 cm³/mol. The van der Waals surface area contributed by atoms with E-state index in [-0.39, 0.29) is 6.04 Å². The van der Waals surface area contributed by atoms with Crippen molar-refractivity contribution < 1.29 is 15.0 Å². The third-order valence-electron chi connectivity index (χ3n) is 7.67. The van der Waals surface area contributed by atoms with Gasteiger partial charge < -0.3 is 21.7 Å². The van der Waals surface area contributed by atoms with E-state index >= 15 is 0 Å². The molecule has 5 nitrogen and oxygen atoms in total. The highest BCUT2D eigenvalue weighted by atomic mass is 16.4. The zero-order chi connectivity index (χ0) is 27.0. The molecule has 0 aromatic heterocycles. The molecular weight excluding hydrogens is 436 g/mol. The minimum Gasteiger partial charge on any atom is -0.481 e. The van der Waals surface area contributed by atoms with Gasteiger partial charge in [-0.15, -0.1) is 0 Å². The maximum absolute atomic E-state index is 10.4. The van der Waals surface area contributed by atoms with E-state index in [2.05, 4.69) is 6.92 Å². The minimum atomic E-state index is -1.21. The van der Waals surface area contributed by atoms with Crippen LogP contribution in [0.4, 0.5) is 0 Å². The first-order valence-electron chi connectivity index (χ1n) is 15.0. The number of hydrogen-bond donors (Lipinski definition) is 4. The molecule has 0 aliphatic heterocycles. The second-order valence-corrected chi connectivity index (χ2v) is 11.4. The van der Waals surface area contributed by atoms with E-state index in [9.17, 15) is 9.90 Å². The summed E-state index contributed by atoms with van der Waals surface area (Å²) in [5.41, 5.74) is 9.71. The van der Waals surface area contributed by atoms with Gasteiger partial charge >= 0.3 is 5.97 Å². The molecule has 0 radical (unpaired) electrons. The molecule has 0 heterocycles. The molecule has 6 N–H and O–H groups in total. The van der Waals surface area contributed by atoms with Crippen molar-refractivity contribution in [2.24, 2.45) is 16.9 Å². The Morgan fingerprint density at radius 2 is 0.943 bits per heavy atom. The fourth-order valence-electron chi connectivity index (χ4n) is 4.24. The Balaban J connectivity index is 0. The average molecular weight is 501 g/mol. The second kappa shape index (κ2) is 23.7. The summed E-state index contributed by atoms with van der Waals surface area (Å²) in [4.78, 5) is 10.4. The van der Waals surface area contributed by atoms with Crippen LogP contribution in [0, 0.1) is 5.41 Å². The molecule has 0 aliphatic rings. The van der Waals surface area contributed by atoms with E-state index in [1.165, 1.54) is 109 Å². The van der Waals surface area contributed by atoms with Crippen LogP contribution in [0.3, 0.4) is 0 Å². The number of carboxylic acids is 1. The van der Waals surface area contributed by atoms with Crippen LogP contribution in [0.25, 0.3) is 0 Å². The number of carbonyl (C=O) groups is 1. The molecule has 212 valence electrons. The molecule has 0 aliphatic carbocycles. The lowest BCUT2D eigenvalue weighted by Gasteiger charge is -2.41. The molecule has 0 bridgehead atoms. The standard InChI is InChI=1S/C22H44O2.C8H20N2O/c1-2-3-4-5-6-7-8-9-10-11-12-13-14-15-16-17-18-19-20-21-22(23)24;1-5-6(9)7(2,3)8(4,10)11/h2-21H2,1H3,(H,23,24);6,11H,5,9-10H2,1-4H3. The Labute approximate surface area is 219 Å². The molecular formula is C30H64N2O3. The van der Waals surface area contributed by atoms with Gasteiger partial charge in [-0.05, 0) is 19.8 Å². The molecule has 0 aromatic carbocycles.